The van der Waals surface area contributed by atoms with Crippen LogP contribution in [0.1, 0.15) is 46.8 Å². The largest absolute Gasteiger partial charge is 0.573 e. The maximum Gasteiger partial charge on any atom is 0.573 e. The lowest BCUT2D eigenvalue weighted by molar-refractivity contribution is -0.274. The lowest BCUT2D eigenvalue weighted by Crippen LogP contribution is -2.63. The Morgan fingerprint density at radius 3 is 2.20 bits per heavy atom. The quantitative estimate of drug-likeness (QED) is 0.388. The number of aliphatic imine (C=N–C) groups is 1. The van der Waals surface area contributed by atoms with Crippen LogP contribution in [-0.2, 0) is 30.8 Å². The zero-order valence-corrected chi connectivity index (χ0v) is 25.1. The molecule has 3 fully saturated rings. The number of hydrogen-bond acceptors (Lipinski definition) is 8. The van der Waals surface area contributed by atoms with Crippen LogP contribution >= 0.6 is 0 Å². The molecule has 0 aromatic heterocycles. The van der Waals surface area contributed by atoms with Gasteiger partial charge in [0.1, 0.15) is 23.2 Å². The molecule has 2 unspecified atom stereocenters. The molecule has 4 amide bonds. The van der Waals surface area contributed by atoms with E-state index in [2.05, 4.69) is 25.7 Å². The van der Waals surface area contributed by atoms with Crippen LogP contribution in [0.5, 0.6) is 5.75 Å². The minimum Gasteiger partial charge on any atom is -0.406 e. The Labute approximate surface area is 256 Å². The van der Waals surface area contributed by atoms with E-state index in [1.165, 1.54) is 16.4 Å². The van der Waals surface area contributed by atoms with E-state index in [9.17, 15) is 36.0 Å². The Kier molecular flexibility index (Phi) is 7.44. The number of ether oxygens (including phenoxy) is 2. The van der Waals surface area contributed by atoms with Crippen molar-refractivity contribution in [1.82, 2.24) is 20.3 Å². The summed E-state index contributed by atoms with van der Waals surface area (Å²) in [6.07, 6.45) is -4.94. The average molecular weight is 650 g/mol. The van der Waals surface area contributed by atoms with Crippen molar-refractivity contribution < 1.29 is 45.4 Å². The third-order valence-electron chi connectivity index (χ3n) is 8.81. The number of piperidine rings is 1. The highest BCUT2D eigenvalue weighted by molar-refractivity contribution is 7.89. The van der Waals surface area contributed by atoms with Crippen molar-refractivity contribution in [2.75, 3.05) is 25.4 Å². The Bertz CT molecular complexity index is 1700. The molecule has 16 heteroatoms. The van der Waals surface area contributed by atoms with Gasteiger partial charge in [-0.05, 0) is 79.6 Å². The summed E-state index contributed by atoms with van der Waals surface area (Å²) in [7, 11) is -3.69. The molecule has 0 saturated carbocycles. The summed E-state index contributed by atoms with van der Waals surface area (Å²) in [5.41, 5.74) is 1.30. The molecular formula is C29H30F3N5O7S. The average Bonchev–Trinajstić information content (AvgIpc) is 3.43. The van der Waals surface area contributed by atoms with Crippen molar-refractivity contribution in [2.24, 2.45) is 4.99 Å². The van der Waals surface area contributed by atoms with Crippen molar-refractivity contribution in [3.8, 4) is 5.75 Å². The van der Waals surface area contributed by atoms with Gasteiger partial charge >= 0.3 is 12.4 Å². The topological polar surface area (TPSA) is 155 Å². The lowest BCUT2D eigenvalue weighted by Gasteiger charge is -2.44. The number of imide groups is 1. The number of urea groups is 1. The number of aryl methyl sites for hydroxylation is 2. The summed E-state index contributed by atoms with van der Waals surface area (Å²) in [5.74, 6) is -1.18. The fourth-order valence-corrected chi connectivity index (χ4v) is 7.84. The summed E-state index contributed by atoms with van der Waals surface area (Å²) >= 11 is 0. The van der Waals surface area contributed by atoms with E-state index in [-0.39, 0.29) is 56.5 Å². The molecule has 2 aromatic rings. The number of carbonyl (C=O) groups is 3. The maximum absolute atomic E-state index is 13.3. The number of amides is 4. The van der Waals surface area contributed by atoms with E-state index in [1.807, 2.05) is 26.0 Å². The number of nitrogens with one attached hydrogen (secondary N) is 3. The van der Waals surface area contributed by atoms with Crippen LogP contribution in [0.2, 0.25) is 0 Å². The number of nitrogens with zero attached hydrogens (tertiary/aromatic N) is 2. The van der Waals surface area contributed by atoms with Gasteiger partial charge in [-0.1, -0.05) is 12.1 Å². The Morgan fingerprint density at radius 1 is 1.02 bits per heavy atom. The Morgan fingerprint density at radius 2 is 1.67 bits per heavy atom. The predicted molar refractivity (Wildman–Crippen MR) is 153 cm³/mol. The van der Waals surface area contributed by atoms with Crippen LogP contribution in [0, 0.1) is 13.8 Å². The van der Waals surface area contributed by atoms with Gasteiger partial charge in [-0.3, -0.25) is 19.9 Å². The number of alkyl halides is 3. The second-order valence-electron chi connectivity index (χ2n) is 11.7. The highest BCUT2D eigenvalue weighted by atomic mass is 32.2. The van der Waals surface area contributed by atoms with Gasteiger partial charge in [0.2, 0.25) is 10.0 Å². The summed E-state index contributed by atoms with van der Waals surface area (Å²) in [6.45, 7) is 3.93. The highest BCUT2D eigenvalue weighted by Gasteiger charge is 2.60. The molecule has 4 aliphatic rings. The molecule has 2 atom stereocenters. The summed E-state index contributed by atoms with van der Waals surface area (Å²) < 4.78 is 75.0. The second-order valence-corrected chi connectivity index (χ2v) is 13.8. The van der Waals surface area contributed by atoms with Gasteiger partial charge in [0, 0.05) is 18.7 Å². The van der Waals surface area contributed by atoms with Crippen LogP contribution in [-0.4, -0.2) is 79.3 Å². The molecule has 6 rings (SSSR count). The molecule has 3 N–H and O–H groups in total. The number of carbonyl (C=O) groups excluding carboxylic acids is 3. The van der Waals surface area contributed by atoms with E-state index in [0.29, 0.717) is 11.1 Å². The minimum absolute atomic E-state index is 0.0621. The van der Waals surface area contributed by atoms with Crippen LogP contribution in [0.25, 0.3) is 0 Å². The van der Waals surface area contributed by atoms with E-state index in [1.54, 1.807) is 0 Å². The minimum atomic E-state index is -4.83. The van der Waals surface area contributed by atoms with Gasteiger partial charge < -0.3 is 20.1 Å². The highest BCUT2D eigenvalue weighted by Crippen LogP contribution is 2.42. The normalized spacial score (nSPS) is 24.7. The molecule has 4 heterocycles. The third-order valence-corrected chi connectivity index (χ3v) is 10.7. The summed E-state index contributed by atoms with van der Waals surface area (Å²) in [4.78, 5) is 41.6. The van der Waals surface area contributed by atoms with Crippen molar-refractivity contribution in [2.45, 2.75) is 56.7 Å². The van der Waals surface area contributed by atoms with Crippen LogP contribution in [0.4, 0.5) is 18.0 Å². The number of rotatable bonds is 7. The van der Waals surface area contributed by atoms with Gasteiger partial charge in [-0.2, -0.15) is 0 Å². The zero-order chi connectivity index (χ0) is 32.4. The van der Waals surface area contributed by atoms with Crippen molar-refractivity contribution in [3.05, 3.63) is 64.2 Å². The van der Waals surface area contributed by atoms with Gasteiger partial charge in [-0.25, -0.2) is 17.5 Å². The lowest BCUT2D eigenvalue weighted by atomic mass is 9.81. The molecule has 4 aliphatic heterocycles. The Hall–Kier alpha value is -4.02. The summed E-state index contributed by atoms with van der Waals surface area (Å²) in [5, 5.41) is 7.59. The van der Waals surface area contributed by atoms with Crippen molar-refractivity contribution >= 4 is 33.7 Å². The molecule has 2 spiro atoms. The first-order valence-electron chi connectivity index (χ1n) is 14.2. The zero-order valence-electron chi connectivity index (χ0n) is 24.3. The third kappa shape index (κ3) is 5.66. The van der Waals surface area contributed by atoms with E-state index < -0.39 is 51.3 Å². The first-order chi connectivity index (χ1) is 21.1. The van der Waals surface area contributed by atoms with Gasteiger partial charge in [0.05, 0.1) is 12.4 Å². The SMILES string of the molecule is Cc1cc(C2OCC23NC(=O)NC3=O)cc(C)c1CCS(=O)(=O)N1CCC2(CC1)N=C(c1ccc(OC(F)(F)F)cc1)NC2=O. The van der Waals surface area contributed by atoms with Gasteiger partial charge in [0.15, 0.2) is 5.54 Å². The van der Waals surface area contributed by atoms with Crippen LogP contribution in [0.3, 0.4) is 0 Å². The standard InChI is InChI=1S/C29H30F3N5O7S/c1-16-13-19(22-28(15-43-22)25(39)34-26(40)36-28)14-17(2)21(16)7-12-45(41,42)37-10-8-27(9-11-37)24(38)33-23(35-27)18-3-5-20(6-4-18)44-29(30,31)32/h3-6,13-14,22H,7-12,15H2,1-2H3,(H,33,35,38)(H2,34,36,39,40). The number of sulfonamides is 1. The number of hydrogen-bond donors (Lipinski definition) is 3. The fraction of sp³-hybridized carbons (Fsp3) is 0.448. The van der Waals surface area contributed by atoms with Gasteiger partial charge in [0.25, 0.3) is 11.8 Å². The number of amidine groups is 1. The van der Waals surface area contributed by atoms with Crippen LogP contribution < -0.4 is 20.7 Å². The van der Waals surface area contributed by atoms with Gasteiger partial charge in [-0.15, -0.1) is 13.2 Å². The smallest absolute Gasteiger partial charge is 0.406 e. The maximum atomic E-state index is 13.3. The van der Waals surface area contributed by atoms with Crippen LogP contribution in [0.15, 0.2) is 41.4 Å². The fourth-order valence-electron chi connectivity index (χ4n) is 6.38. The molecule has 3 saturated heterocycles. The summed E-state index contributed by atoms with van der Waals surface area (Å²) in [6, 6.07) is 8.08. The Balaban J connectivity index is 1.09. The first-order valence-corrected chi connectivity index (χ1v) is 15.8. The molecule has 0 aliphatic carbocycles. The first kappa shape index (κ1) is 31.0. The van der Waals surface area contributed by atoms with Crippen molar-refractivity contribution in [1.29, 1.82) is 0 Å². The molecule has 45 heavy (non-hydrogen) atoms. The molecule has 0 bridgehead atoms. The monoisotopic (exact) mass is 649 g/mol. The molecule has 2 aromatic carbocycles. The molecule has 0 radical (unpaired) electrons. The second kappa shape index (κ2) is 10.8. The van der Waals surface area contributed by atoms with E-state index in [0.717, 1.165) is 28.8 Å². The van der Waals surface area contributed by atoms with Crippen molar-refractivity contribution in [3.63, 3.8) is 0 Å². The van der Waals surface area contributed by atoms with E-state index in [4.69, 9.17) is 4.74 Å². The predicted octanol–water partition coefficient (Wildman–Crippen LogP) is 2.14. The number of halogens is 3. The van der Waals surface area contributed by atoms with E-state index >= 15 is 0 Å². The molecule has 240 valence electrons. The molecule has 12 nitrogen and oxygen atoms in total. The number of benzene rings is 2. The molecular weight excluding hydrogens is 619 g/mol.